The van der Waals surface area contributed by atoms with Gasteiger partial charge in [0.15, 0.2) is 6.35 Å². The lowest BCUT2D eigenvalue weighted by atomic mass is 9.95. The number of imidazole rings is 1. The van der Waals surface area contributed by atoms with E-state index in [4.69, 9.17) is 20.3 Å². The number of fused-ring (bicyclic) bond motifs is 1. The molecule has 0 aliphatic carbocycles. The number of nitrogens with two attached hydrogens (primary N) is 1. The predicted octanol–water partition coefficient (Wildman–Crippen LogP) is 2.89. The first kappa shape index (κ1) is 16.5. The number of ether oxygens (including phenoxy) is 1. The van der Waals surface area contributed by atoms with E-state index in [1.54, 1.807) is 12.4 Å². The van der Waals surface area contributed by atoms with Crippen molar-refractivity contribution in [2.75, 3.05) is 12.1 Å². The Morgan fingerprint density at radius 1 is 1.25 bits per heavy atom. The molecule has 0 spiro atoms. The van der Waals surface area contributed by atoms with Crippen molar-refractivity contribution in [2.24, 2.45) is 0 Å². The molecule has 0 radical (unpaired) electrons. The lowest BCUT2D eigenvalue weighted by Gasteiger charge is -2.16. The van der Waals surface area contributed by atoms with Crippen LogP contribution in [0.2, 0.25) is 0 Å². The van der Waals surface area contributed by atoms with Crippen LogP contribution in [0, 0.1) is 0 Å². The van der Waals surface area contributed by atoms with Gasteiger partial charge in [0.05, 0.1) is 23.0 Å². The third-order valence-electron chi connectivity index (χ3n) is 3.80. The van der Waals surface area contributed by atoms with E-state index in [-0.39, 0.29) is 5.75 Å². The third kappa shape index (κ3) is 3.14. The number of nitrogen functional groups attached to an aromatic ring is 1. The number of nitrogens with one attached hydrogen (secondary N) is 1. The summed E-state index contributed by atoms with van der Waals surface area (Å²) in [4.78, 5) is 25.4. The van der Waals surface area contributed by atoms with Crippen molar-refractivity contribution in [3.8, 4) is 16.9 Å². The van der Waals surface area contributed by atoms with Gasteiger partial charge in [0.1, 0.15) is 5.75 Å². The highest BCUT2D eigenvalue weighted by molar-refractivity contribution is 7.51. The van der Waals surface area contributed by atoms with Crippen molar-refractivity contribution in [1.82, 2.24) is 9.97 Å². The normalized spacial score (nSPS) is 11.8. The summed E-state index contributed by atoms with van der Waals surface area (Å²) in [5, 5.41) is 0. The van der Waals surface area contributed by atoms with Crippen molar-refractivity contribution in [3.05, 3.63) is 42.2 Å². The number of aromatic amines is 1. The summed E-state index contributed by atoms with van der Waals surface area (Å²) in [6, 6.07) is 9.31. The quantitative estimate of drug-likeness (QED) is 0.416. The maximum absolute atomic E-state index is 11.0. The van der Waals surface area contributed by atoms with Gasteiger partial charge in [-0.1, -0.05) is 25.1 Å². The first-order valence-electron chi connectivity index (χ1n) is 7.42. The molecule has 0 atom stereocenters. The van der Waals surface area contributed by atoms with E-state index in [9.17, 15) is 4.57 Å². The summed E-state index contributed by atoms with van der Waals surface area (Å²) in [5.41, 5.74) is 11.1. The van der Waals surface area contributed by atoms with Gasteiger partial charge in [-0.05, 0) is 29.7 Å². The van der Waals surface area contributed by atoms with Gasteiger partial charge in [0.2, 0.25) is 0 Å². The van der Waals surface area contributed by atoms with Gasteiger partial charge in [0, 0.05) is 5.56 Å². The van der Waals surface area contributed by atoms with Crippen LogP contribution in [0.5, 0.6) is 5.75 Å². The highest BCUT2D eigenvalue weighted by Crippen LogP contribution is 2.40. The summed E-state index contributed by atoms with van der Waals surface area (Å²) < 4.78 is 16.2. The molecular weight excluding hydrogens is 329 g/mol. The zero-order chi connectivity index (χ0) is 17.3. The Bertz CT molecular complexity index is 932. The second kappa shape index (κ2) is 6.28. The molecule has 126 valence electrons. The molecule has 0 bridgehead atoms. The van der Waals surface area contributed by atoms with Gasteiger partial charge < -0.3 is 25.2 Å². The van der Waals surface area contributed by atoms with Crippen LogP contribution in [0.1, 0.15) is 12.5 Å². The molecule has 2 aromatic carbocycles. The van der Waals surface area contributed by atoms with E-state index >= 15 is 0 Å². The summed E-state index contributed by atoms with van der Waals surface area (Å²) in [6.07, 6.45) is 1.59. The molecule has 0 unspecified atom stereocenters. The zero-order valence-electron chi connectivity index (χ0n) is 13.1. The topological polar surface area (TPSA) is 121 Å². The van der Waals surface area contributed by atoms with Crippen LogP contribution in [-0.2, 0) is 11.0 Å². The number of rotatable bonds is 5. The second-order valence-electron chi connectivity index (χ2n) is 5.40. The van der Waals surface area contributed by atoms with E-state index in [2.05, 4.69) is 9.97 Å². The van der Waals surface area contributed by atoms with Crippen LogP contribution in [0.4, 0.5) is 5.69 Å². The van der Waals surface area contributed by atoms with E-state index < -0.39 is 13.9 Å². The maximum Gasteiger partial charge on any atom is 0.362 e. The molecule has 0 saturated carbocycles. The lowest BCUT2D eigenvalue weighted by Crippen LogP contribution is -2.04. The third-order valence-corrected chi connectivity index (χ3v) is 4.26. The molecule has 0 fully saturated rings. The number of anilines is 1. The molecule has 7 nitrogen and oxygen atoms in total. The molecule has 0 amide bonds. The Kier molecular flexibility index (Phi) is 4.32. The summed E-state index contributed by atoms with van der Waals surface area (Å²) in [7, 11) is -4.26. The number of hydrogen-bond acceptors (Lipinski definition) is 4. The first-order chi connectivity index (χ1) is 11.4. The Morgan fingerprint density at radius 3 is 2.75 bits per heavy atom. The summed E-state index contributed by atoms with van der Waals surface area (Å²) >= 11 is 0. The smallest absolute Gasteiger partial charge is 0.362 e. The molecular formula is C16H18N3O4P. The van der Waals surface area contributed by atoms with Crippen molar-refractivity contribution < 1.29 is 19.1 Å². The summed E-state index contributed by atoms with van der Waals surface area (Å²) in [6.45, 7) is 1.96. The number of nitrogens with zero attached hydrogens (tertiary/aromatic N) is 1. The SMILES string of the molecule is CCc1c(-c2cccc3[nH]cnc23)ccc(OCP(=O)(O)O)c1N. The van der Waals surface area contributed by atoms with Crippen molar-refractivity contribution in [2.45, 2.75) is 13.3 Å². The largest absolute Gasteiger partial charge is 0.479 e. The minimum absolute atomic E-state index is 0.271. The van der Waals surface area contributed by atoms with E-state index in [0.717, 1.165) is 27.7 Å². The molecule has 1 heterocycles. The molecule has 1 aromatic heterocycles. The zero-order valence-corrected chi connectivity index (χ0v) is 14.0. The standard InChI is InChI=1S/C16H18N3O4P/c1-2-10-11(12-4-3-5-13-16(12)19-8-18-13)6-7-14(15(10)17)23-9-24(20,21)22/h3-8H,2,9,17H2,1H3,(H,18,19)(H2,20,21,22). The molecule has 0 aliphatic heterocycles. The van der Waals surface area contributed by atoms with E-state index in [1.165, 1.54) is 0 Å². The van der Waals surface area contributed by atoms with Crippen molar-refractivity contribution >= 4 is 24.3 Å². The monoisotopic (exact) mass is 347 g/mol. The van der Waals surface area contributed by atoms with Crippen LogP contribution in [-0.4, -0.2) is 26.1 Å². The van der Waals surface area contributed by atoms with Gasteiger partial charge in [-0.3, -0.25) is 4.57 Å². The average Bonchev–Trinajstić information content (AvgIpc) is 3.01. The molecule has 3 aromatic rings. The molecule has 3 rings (SSSR count). The molecule has 24 heavy (non-hydrogen) atoms. The van der Waals surface area contributed by atoms with Crippen molar-refractivity contribution in [3.63, 3.8) is 0 Å². The number of hydrogen-bond donors (Lipinski definition) is 4. The fourth-order valence-electron chi connectivity index (χ4n) is 2.74. The van der Waals surface area contributed by atoms with E-state index in [1.807, 2.05) is 31.2 Å². The van der Waals surface area contributed by atoms with Gasteiger partial charge in [-0.25, -0.2) is 4.98 Å². The Morgan fingerprint density at radius 2 is 2.04 bits per heavy atom. The Hall–Kier alpha value is -2.34. The number of aromatic nitrogens is 2. The highest BCUT2D eigenvalue weighted by Gasteiger charge is 2.18. The molecule has 5 N–H and O–H groups in total. The predicted molar refractivity (Wildman–Crippen MR) is 92.9 cm³/mol. The first-order valence-corrected chi connectivity index (χ1v) is 9.21. The Balaban J connectivity index is 2.08. The minimum Gasteiger partial charge on any atom is -0.479 e. The highest BCUT2D eigenvalue weighted by atomic mass is 31.2. The van der Waals surface area contributed by atoms with Crippen molar-refractivity contribution in [1.29, 1.82) is 0 Å². The fourth-order valence-corrected chi connectivity index (χ4v) is 3.05. The Labute approximate surface area is 138 Å². The maximum atomic E-state index is 11.0. The van der Waals surface area contributed by atoms with Gasteiger partial charge in [-0.2, -0.15) is 0 Å². The van der Waals surface area contributed by atoms with Gasteiger partial charge >= 0.3 is 7.60 Å². The van der Waals surface area contributed by atoms with E-state index in [0.29, 0.717) is 12.1 Å². The number of para-hydroxylation sites is 1. The fraction of sp³-hybridized carbons (Fsp3) is 0.188. The van der Waals surface area contributed by atoms with Crippen LogP contribution >= 0.6 is 7.60 Å². The van der Waals surface area contributed by atoms with Gasteiger partial charge in [0.25, 0.3) is 0 Å². The lowest BCUT2D eigenvalue weighted by molar-refractivity contribution is 0.301. The average molecular weight is 347 g/mol. The molecule has 0 aliphatic rings. The summed E-state index contributed by atoms with van der Waals surface area (Å²) in [5.74, 6) is 0.271. The van der Waals surface area contributed by atoms with Crippen LogP contribution in [0.3, 0.4) is 0 Å². The van der Waals surface area contributed by atoms with Crippen LogP contribution in [0.15, 0.2) is 36.7 Å². The minimum atomic E-state index is -4.26. The van der Waals surface area contributed by atoms with Crippen LogP contribution in [0.25, 0.3) is 22.2 Å². The van der Waals surface area contributed by atoms with Gasteiger partial charge in [-0.15, -0.1) is 0 Å². The molecule has 0 saturated heterocycles. The number of H-pyrrole nitrogens is 1. The number of benzene rings is 2. The van der Waals surface area contributed by atoms with Crippen LogP contribution < -0.4 is 10.5 Å². The second-order valence-corrected chi connectivity index (χ2v) is 6.99. The molecule has 8 heteroatoms.